The van der Waals surface area contributed by atoms with Crippen LogP contribution >= 0.6 is 0 Å². The topological polar surface area (TPSA) is 71.9 Å². The van der Waals surface area contributed by atoms with E-state index in [0.717, 1.165) is 0 Å². The summed E-state index contributed by atoms with van der Waals surface area (Å²) in [6.45, 7) is -1.09. The lowest BCUT2D eigenvalue weighted by molar-refractivity contribution is -0.276. The first-order valence-electron chi connectivity index (χ1n) is 3.88. The Labute approximate surface area is 87.3 Å². The molecule has 0 unspecified atom stereocenters. The van der Waals surface area contributed by atoms with Gasteiger partial charge in [-0.2, -0.15) is 5.26 Å². The van der Waals surface area contributed by atoms with Crippen LogP contribution in [0.25, 0.3) is 0 Å². The third kappa shape index (κ3) is 2.73. The summed E-state index contributed by atoms with van der Waals surface area (Å²) in [6, 6.07) is 2.15. The second-order valence-corrected chi connectivity index (χ2v) is 2.67. The van der Waals surface area contributed by atoms with E-state index in [2.05, 4.69) is 9.72 Å². The minimum absolute atomic E-state index is 0.253. The Bertz CT molecular complexity index is 438. The van der Waals surface area contributed by atoms with E-state index in [-0.39, 0.29) is 11.3 Å². The first-order chi connectivity index (χ1) is 7.37. The number of nitrogens with zero attached hydrogens (tertiary/aromatic N) is 2. The molecule has 0 aliphatic carbocycles. The molecule has 0 fully saturated rings. The summed E-state index contributed by atoms with van der Waals surface area (Å²) >= 11 is 0. The number of anilines is 1. The Hall–Kier alpha value is -2.04. The summed E-state index contributed by atoms with van der Waals surface area (Å²) < 4.78 is 51.3. The lowest BCUT2D eigenvalue weighted by Gasteiger charge is -2.10. The molecule has 0 amide bonds. The second kappa shape index (κ2) is 4.22. The summed E-state index contributed by atoms with van der Waals surface area (Å²) in [7, 11) is 0. The van der Waals surface area contributed by atoms with E-state index >= 15 is 0 Å². The van der Waals surface area contributed by atoms with Crippen molar-refractivity contribution in [3.63, 3.8) is 0 Å². The lowest BCUT2D eigenvalue weighted by Crippen LogP contribution is -2.18. The van der Waals surface area contributed by atoms with Crippen molar-refractivity contribution in [2.24, 2.45) is 0 Å². The maximum Gasteiger partial charge on any atom is 0.574 e. The van der Waals surface area contributed by atoms with Crippen LogP contribution < -0.4 is 10.5 Å². The van der Waals surface area contributed by atoms with E-state index in [1.807, 2.05) is 0 Å². The highest BCUT2D eigenvalue weighted by Gasteiger charge is 2.32. The summed E-state index contributed by atoms with van der Waals surface area (Å²) in [5.41, 5.74) is 4.16. The van der Waals surface area contributed by atoms with E-state index in [1.165, 1.54) is 6.07 Å². The van der Waals surface area contributed by atoms with Crippen LogP contribution in [0, 0.1) is 11.3 Å². The van der Waals surface area contributed by atoms with E-state index in [4.69, 9.17) is 11.0 Å². The van der Waals surface area contributed by atoms with Gasteiger partial charge in [0, 0.05) is 17.3 Å². The molecule has 1 aromatic heterocycles. The molecule has 0 spiro atoms. The minimum atomic E-state index is -4.94. The van der Waals surface area contributed by atoms with Crippen molar-refractivity contribution in [2.75, 3.05) is 5.73 Å². The minimum Gasteiger partial charge on any atom is -0.398 e. The van der Waals surface area contributed by atoms with Crippen LogP contribution in [0.15, 0.2) is 6.07 Å². The van der Waals surface area contributed by atoms with E-state index in [0.29, 0.717) is 6.07 Å². The molecule has 86 valence electrons. The predicted octanol–water partition coefficient (Wildman–Crippen LogP) is 1.90. The van der Waals surface area contributed by atoms with E-state index in [1.54, 1.807) is 0 Å². The Balaban J connectivity index is 3.17. The van der Waals surface area contributed by atoms with E-state index < -0.39 is 24.6 Å². The smallest absolute Gasteiger partial charge is 0.398 e. The summed E-state index contributed by atoms with van der Waals surface area (Å²) in [5.74, 6) is -0.890. The van der Waals surface area contributed by atoms with Crippen molar-refractivity contribution in [3.8, 4) is 11.9 Å². The molecule has 4 nitrogen and oxygen atoms in total. The van der Waals surface area contributed by atoms with Gasteiger partial charge in [0.1, 0.15) is 12.7 Å². The Morgan fingerprint density at radius 3 is 2.56 bits per heavy atom. The number of aromatic nitrogens is 1. The molecular weight excluding hydrogens is 230 g/mol. The number of hydrogen-bond acceptors (Lipinski definition) is 4. The third-order valence-corrected chi connectivity index (χ3v) is 1.60. The van der Waals surface area contributed by atoms with Crippen LogP contribution in [0.3, 0.4) is 0 Å². The molecule has 0 aliphatic heterocycles. The summed E-state index contributed by atoms with van der Waals surface area (Å²) in [4.78, 5) is 3.18. The van der Waals surface area contributed by atoms with Gasteiger partial charge in [0.25, 0.3) is 0 Å². The fraction of sp³-hybridized carbons (Fsp3) is 0.250. The highest BCUT2D eigenvalue weighted by atomic mass is 19.4. The second-order valence-electron chi connectivity index (χ2n) is 2.67. The number of nitriles is 1. The van der Waals surface area contributed by atoms with Gasteiger partial charge in [-0.1, -0.05) is 0 Å². The van der Waals surface area contributed by atoms with Gasteiger partial charge in [0.2, 0.25) is 5.88 Å². The van der Waals surface area contributed by atoms with Crippen LogP contribution in [0.4, 0.5) is 23.2 Å². The van der Waals surface area contributed by atoms with Crippen LogP contribution in [0.1, 0.15) is 11.3 Å². The quantitative estimate of drug-likeness (QED) is 0.794. The Morgan fingerprint density at radius 2 is 2.12 bits per heavy atom. The highest BCUT2D eigenvalue weighted by Crippen LogP contribution is 2.26. The maximum absolute atomic E-state index is 12.4. The zero-order valence-corrected chi connectivity index (χ0v) is 7.68. The van der Waals surface area contributed by atoms with Gasteiger partial charge in [0.05, 0.1) is 0 Å². The van der Waals surface area contributed by atoms with Gasteiger partial charge in [-0.3, -0.25) is 0 Å². The fourth-order valence-electron chi connectivity index (χ4n) is 0.971. The number of halogens is 4. The summed E-state index contributed by atoms with van der Waals surface area (Å²) in [5, 5.41) is 8.53. The molecule has 0 saturated carbocycles. The van der Waals surface area contributed by atoms with Crippen LogP contribution in [0.2, 0.25) is 0 Å². The average molecular weight is 235 g/mol. The zero-order chi connectivity index (χ0) is 12.3. The van der Waals surface area contributed by atoms with Gasteiger partial charge in [0.15, 0.2) is 5.69 Å². The number of rotatable bonds is 2. The van der Waals surface area contributed by atoms with Gasteiger partial charge in [-0.25, -0.2) is 9.37 Å². The van der Waals surface area contributed by atoms with Gasteiger partial charge in [-0.15, -0.1) is 13.2 Å². The van der Waals surface area contributed by atoms with Crippen LogP contribution in [-0.4, -0.2) is 11.3 Å². The number of alkyl halides is 4. The molecule has 2 N–H and O–H groups in total. The molecule has 8 heteroatoms. The van der Waals surface area contributed by atoms with Crippen LogP contribution in [-0.2, 0) is 6.67 Å². The Kier molecular flexibility index (Phi) is 3.17. The van der Waals surface area contributed by atoms with Gasteiger partial charge >= 0.3 is 6.36 Å². The molecule has 0 radical (unpaired) electrons. The molecule has 0 aliphatic rings. The normalized spacial score (nSPS) is 10.9. The van der Waals surface area contributed by atoms with Crippen molar-refractivity contribution >= 4 is 5.69 Å². The maximum atomic E-state index is 12.4. The molecule has 0 bridgehead atoms. The first kappa shape index (κ1) is 12.0. The number of nitrogens with two attached hydrogens (primary N) is 1. The average Bonchev–Trinajstić information content (AvgIpc) is 2.14. The van der Waals surface area contributed by atoms with Crippen LogP contribution in [0.5, 0.6) is 5.88 Å². The van der Waals surface area contributed by atoms with Gasteiger partial charge in [-0.05, 0) is 0 Å². The summed E-state index contributed by atoms with van der Waals surface area (Å²) in [6.07, 6.45) is -4.94. The largest absolute Gasteiger partial charge is 0.574 e. The van der Waals surface area contributed by atoms with Crippen molar-refractivity contribution < 1.29 is 22.3 Å². The predicted molar refractivity (Wildman–Crippen MR) is 44.9 cm³/mol. The molecule has 0 saturated heterocycles. The molecule has 0 atom stereocenters. The van der Waals surface area contributed by atoms with Crippen molar-refractivity contribution in [1.82, 2.24) is 4.98 Å². The zero-order valence-electron chi connectivity index (χ0n) is 7.68. The Morgan fingerprint density at radius 1 is 1.50 bits per heavy atom. The highest BCUT2D eigenvalue weighted by molar-refractivity contribution is 5.54. The molecule has 1 heterocycles. The third-order valence-electron chi connectivity index (χ3n) is 1.60. The van der Waals surface area contributed by atoms with E-state index in [9.17, 15) is 17.6 Å². The number of hydrogen-bond donors (Lipinski definition) is 1. The van der Waals surface area contributed by atoms with Crippen molar-refractivity contribution in [3.05, 3.63) is 17.3 Å². The molecule has 1 aromatic rings. The first-order valence-corrected chi connectivity index (χ1v) is 3.88. The lowest BCUT2D eigenvalue weighted by atomic mass is 10.2. The standard InChI is InChI=1S/C8H5F4N3O/c9-2-4-5(14)1-7(15-6(4)3-13)16-8(10,11)12/h1H,2H2,(H2,14,15). The number of pyridine rings is 1. The number of nitrogen functional groups attached to an aromatic ring is 1. The number of ether oxygens (including phenoxy) is 1. The molecule has 0 aromatic carbocycles. The van der Waals surface area contributed by atoms with Crippen molar-refractivity contribution in [2.45, 2.75) is 13.0 Å². The van der Waals surface area contributed by atoms with Crippen molar-refractivity contribution in [1.29, 1.82) is 5.26 Å². The molecule has 1 rings (SSSR count). The molecular formula is C8H5F4N3O. The van der Waals surface area contributed by atoms with Gasteiger partial charge < -0.3 is 10.5 Å². The molecule has 16 heavy (non-hydrogen) atoms. The fourth-order valence-corrected chi connectivity index (χ4v) is 0.971. The SMILES string of the molecule is N#Cc1nc(OC(F)(F)F)cc(N)c1CF. The monoisotopic (exact) mass is 235 g/mol.